The first-order valence-electron chi connectivity index (χ1n) is 10.2. The minimum atomic E-state index is -0.486. The van der Waals surface area contributed by atoms with Crippen LogP contribution >= 0.6 is 11.8 Å². The summed E-state index contributed by atoms with van der Waals surface area (Å²) in [4.78, 5) is 35.3. The molecule has 2 N–H and O–H groups in total. The summed E-state index contributed by atoms with van der Waals surface area (Å²) in [7, 11) is 3.31. The smallest absolute Gasteiger partial charge is 0.269 e. The number of methoxy groups -OCH3 is 1. The first-order valence-corrected chi connectivity index (χ1v) is 11.2. The lowest BCUT2D eigenvalue weighted by molar-refractivity contribution is -0.384. The van der Waals surface area contributed by atoms with Crippen molar-refractivity contribution in [3.63, 3.8) is 0 Å². The maximum atomic E-state index is 12.5. The highest BCUT2D eigenvalue weighted by Gasteiger charge is 2.19. The van der Waals surface area contributed by atoms with Crippen LogP contribution in [0, 0.1) is 17.0 Å². The highest BCUT2D eigenvalue weighted by Crippen LogP contribution is 2.23. The van der Waals surface area contributed by atoms with Crippen LogP contribution in [0.3, 0.4) is 0 Å². The van der Waals surface area contributed by atoms with Crippen LogP contribution in [0.5, 0.6) is 5.75 Å². The van der Waals surface area contributed by atoms with E-state index in [9.17, 15) is 19.7 Å². The number of carbonyl (C=O) groups is 2. The highest BCUT2D eigenvalue weighted by molar-refractivity contribution is 7.99. The number of thioether (sulfide) groups is 1. The Morgan fingerprint density at radius 3 is 2.53 bits per heavy atom. The van der Waals surface area contributed by atoms with E-state index in [1.807, 2.05) is 0 Å². The molecule has 2 aromatic carbocycles. The molecule has 0 aliphatic heterocycles. The van der Waals surface area contributed by atoms with Gasteiger partial charge < -0.3 is 19.9 Å². The van der Waals surface area contributed by atoms with Gasteiger partial charge in [0.25, 0.3) is 11.6 Å². The number of nitrogens with one attached hydrogen (secondary N) is 2. The zero-order chi connectivity index (χ0) is 24.8. The first-order chi connectivity index (χ1) is 16.2. The maximum Gasteiger partial charge on any atom is 0.269 e. The molecule has 3 aromatic rings. The van der Waals surface area contributed by atoms with Gasteiger partial charge in [0.2, 0.25) is 5.91 Å². The minimum Gasteiger partial charge on any atom is -0.497 e. The van der Waals surface area contributed by atoms with Crippen molar-refractivity contribution in [2.75, 3.05) is 18.2 Å². The second-order valence-corrected chi connectivity index (χ2v) is 8.36. The van der Waals surface area contributed by atoms with Crippen LogP contribution in [0.25, 0.3) is 0 Å². The molecule has 0 radical (unpaired) electrons. The van der Waals surface area contributed by atoms with Gasteiger partial charge in [-0.05, 0) is 49.7 Å². The molecular weight excluding hydrogens is 460 g/mol. The lowest BCUT2D eigenvalue weighted by atomic mass is 10.2. The number of aryl methyl sites for hydroxylation is 1. The maximum absolute atomic E-state index is 12.5. The third-order valence-electron chi connectivity index (χ3n) is 4.98. The Bertz CT molecular complexity index is 1210. The number of nitrogens with zero attached hydrogens (tertiary/aromatic N) is 4. The van der Waals surface area contributed by atoms with Crippen molar-refractivity contribution in [1.82, 2.24) is 20.1 Å². The van der Waals surface area contributed by atoms with Crippen molar-refractivity contribution in [3.05, 3.63) is 69.5 Å². The van der Waals surface area contributed by atoms with Gasteiger partial charge in [-0.2, -0.15) is 0 Å². The molecule has 11 nitrogen and oxygen atoms in total. The molecule has 0 saturated heterocycles. The van der Waals surface area contributed by atoms with E-state index in [0.717, 1.165) is 0 Å². The van der Waals surface area contributed by atoms with Gasteiger partial charge in [-0.25, -0.2) is 0 Å². The summed E-state index contributed by atoms with van der Waals surface area (Å²) in [6.45, 7) is 3.48. The van der Waals surface area contributed by atoms with E-state index in [1.54, 1.807) is 56.8 Å². The molecule has 0 fully saturated rings. The van der Waals surface area contributed by atoms with Crippen molar-refractivity contribution >= 4 is 35.0 Å². The topological polar surface area (TPSA) is 141 Å². The van der Waals surface area contributed by atoms with Gasteiger partial charge in [-0.3, -0.25) is 19.7 Å². The number of carbonyl (C=O) groups excluding carboxylic acids is 2. The number of hydrogen-bond acceptors (Lipinski definition) is 8. The van der Waals surface area contributed by atoms with Gasteiger partial charge in [0.15, 0.2) is 11.0 Å². The molecule has 178 valence electrons. The second kappa shape index (κ2) is 10.8. The van der Waals surface area contributed by atoms with Crippen LogP contribution in [0.2, 0.25) is 0 Å². The van der Waals surface area contributed by atoms with Gasteiger partial charge in [-0.1, -0.05) is 11.8 Å². The van der Waals surface area contributed by atoms with Gasteiger partial charge in [-0.15, -0.1) is 10.2 Å². The Balaban J connectivity index is 1.57. The lowest BCUT2D eigenvalue weighted by Gasteiger charge is -2.14. The lowest BCUT2D eigenvalue weighted by Crippen LogP contribution is -2.28. The molecule has 0 bridgehead atoms. The number of non-ortho nitro benzene ring substituents is 1. The van der Waals surface area contributed by atoms with Gasteiger partial charge in [0, 0.05) is 30.4 Å². The molecule has 0 aliphatic carbocycles. The third kappa shape index (κ3) is 5.90. The molecule has 12 heteroatoms. The quantitative estimate of drug-likeness (QED) is 0.268. The van der Waals surface area contributed by atoms with Gasteiger partial charge in [0.1, 0.15) is 5.75 Å². The van der Waals surface area contributed by atoms with Crippen molar-refractivity contribution in [2.24, 2.45) is 7.05 Å². The number of nitro benzene ring substituents is 1. The average molecular weight is 485 g/mol. The number of anilines is 1. The van der Waals surface area contributed by atoms with Crippen LogP contribution in [-0.4, -0.2) is 44.4 Å². The summed E-state index contributed by atoms with van der Waals surface area (Å²) in [5.74, 6) is 0.718. The Hall–Kier alpha value is -3.93. The number of benzene rings is 2. The van der Waals surface area contributed by atoms with E-state index in [-0.39, 0.29) is 23.3 Å². The fraction of sp³-hybridized carbons (Fsp3) is 0.273. The summed E-state index contributed by atoms with van der Waals surface area (Å²) in [6.07, 6.45) is 0. The van der Waals surface area contributed by atoms with E-state index < -0.39 is 11.0 Å². The fourth-order valence-corrected chi connectivity index (χ4v) is 3.85. The zero-order valence-corrected chi connectivity index (χ0v) is 19.9. The molecule has 34 heavy (non-hydrogen) atoms. The van der Waals surface area contributed by atoms with Crippen LogP contribution in [-0.2, 0) is 11.8 Å². The molecule has 1 heterocycles. The molecule has 0 aliphatic rings. The molecular formula is C22H24N6O5S. The Labute approximate surface area is 200 Å². The fourth-order valence-electron chi connectivity index (χ4n) is 3.13. The van der Waals surface area contributed by atoms with E-state index in [1.165, 1.54) is 30.0 Å². The van der Waals surface area contributed by atoms with Crippen LogP contribution in [0.15, 0.2) is 47.6 Å². The van der Waals surface area contributed by atoms with Crippen molar-refractivity contribution in [2.45, 2.75) is 25.0 Å². The third-order valence-corrected chi connectivity index (χ3v) is 6.00. The highest BCUT2D eigenvalue weighted by atomic mass is 32.2. The van der Waals surface area contributed by atoms with Crippen molar-refractivity contribution in [3.8, 4) is 5.75 Å². The monoisotopic (exact) mass is 484 g/mol. The second-order valence-electron chi connectivity index (χ2n) is 7.42. The number of nitro groups is 1. The first kappa shape index (κ1) is 24.7. The number of hydrogen-bond donors (Lipinski definition) is 2. The molecule has 3 rings (SSSR count). The number of amides is 2. The van der Waals surface area contributed by atoms with Crippen LogP contribution in [0.1, 0.15) is 34.7 Å². The Kier molecular flexibility index (Phi) is 7.84. The summed E-state index contributed by atoms with van der Waals surface area (Å²) in [6, 6.07) is 10.6. The van der Waals surface area contributed by atoms with Crippen molar-refractivity contribution in [1.29, 1.82) is 0 Å². The van der Waals surface area contributed by atoms with Crippen molar-refractivity contribution < 1.29 is 19.2 Å². The van der Waals surface area contributed by atoms with Gasteiger partial charge in [0.05, 0.1) is 23.8 Å². The van der Waals surface area contributed by atoms with E-state index in [2.05, 4.69) is 20.8 Å². The minimum absolute atomic E-state index is 0.0373. The van der Waals surface area contributed by atoms with Gasteiger partial charge >= 0.3 is 0 Å². The largest absolute Gasteiger partial charge is 0.497 e. The molecule has 0 spiro atoms. The predicted molar refractivity (Wildman–Crippen MR) is 127 cm³/mol. The molecule has 1 aromatic heterocycles. The number of rotatable bonds is 9. The normalized spacial score (nSPS) is 11.5. The SMILES string of the molecule is COc1ccc(C(=O)N[C@@H](C)c2nnc(SCC(=O)Nc3ccc([N+](=O)[O-])cc3C)n2C)cc1. The summed E-state index contributed by atoms with van der Waals surface area (Å²) < 4.78 is 6.82. The van der Waals surface area contributed by atoms with Crippen LogP contribution < -0.4 is 15.4 Å². The number of ether oxygens (including phenoxy) is 1. The Morgan fingerprint density at radius 1 is 1.21 bits per heavy atom. The standard InChI is InChI=1S/C22H24N6O5S/c1-13-11-16(28(31)32)7-10-18(13)24-19(29)12-34-22-26-25-20(27(22)3)14(2)23-21(30)15-5-8-17(33-4)9-6-15/h5-11,14H,12H2,1-4H3,(H,23,30)(H,24,29)/t14-/m0/s1. The van der Waals surface area contributed by atoms with E-state index >= 15 is 0 Å². The average Bonchev–Trinajstić information content (AvgIpc) is 3.19. The molecule has 0 unspecified atom stereocenters. The van der Waals surface area contributed by atoms with E-state index in [4.69, 9.17) is 4.74 Å². The predicted octanol–water partition coefficient (Wildman–Crippen LogP) is 3.26. The van der Waals surface area contributed by atoms with E-state index in [0.29, 0.717) is 33.5 Å². The number of aromatic nitrogens is 3. The summed E-state index contributed by atoms with van der Waals surface area (Å²) in [5.41, 5.74) is 1.55. The molecule has 1 atom stereocenters. The molecule has 2 amide bonds. The zero-order valence-electron chi connectivity index (χ0n) is 19.1. The summed E-state index contributed by atoms with van der Waals surface area (Å²) >= 11 is 1.19. The van der Waals surface area contributed by atoms with Crippen LogP contribution in [0.4, 0.5) is 11.4 Å². The summed E-state index contributed by atoms with van der Waals surface area (Å²) in [5, 5.41) is 25.3. The Morgan fingerprint density at radius 2 is 1.91 bits per heavy atom. The molecule has 0 saturated carbocycles.